The highest BCUT2D eigenvalue weighted by atomic mass is 14.9. The topological polar surface area (TPSA) is 12.0 Å². The lowest BCUT2D eigenvalue weighted by Gasteiger charge is -2.24. The molecule has 0 saturated heterocycles. The largest absolute Gasteiger partial charge is 0.307 e. The van der Waals surface area contributed by atoms with Gasteiger partial charge in [-0.05, 0) is 49.3 Å². The van der Waals surface area contributed by atoms with E-state index in [9.17, 15) is 0 Å². The third-order valence-corrected chi connectivity index (χ3v) is 4.49. The fraction of sp³-hybridized carbons (Fsp3) is 0.400. The molecule has 2 aromatic rings. The monoisotopic (exact) mass is 279 g/mol. The molecule has 0 bridgehead atoms. The van der Waals surface area contributed by atoms with Crippen molar-refractivity contribution in [3.63, 3.8) is 0 Å². The standard InChI is InChI=1S/C20H25N/c1-16(15-17-9-3-2-4-10-17)21-20-14-8-6-12-18-11-5-7-13-19(18)20/h2-5,7,9-11,13,16,20-21H,6,8,12,14-15H2,1H3. The molecule has 0 radical (unpaired) electrons. The van der Waals surface area contributed by atoms with E-state index >= 15 is 0 Å². The Bertz CT molecular complexity index is 561. The average Bonchev–Trinajstić information content (AvgIpc) is 2.71. The van der Waals surface area contributed by atoms with Crippen molar-refractivity contribution in [2.24, 2.45) is 0 Å². The Labute approximate surface area is 128 Å². The van der Waals surface area contributed by atoms with Crippen molar-refractivity contribution < 1.29 is 0 Å². The van der Waals surface area contributed by atoms with E-state index in [1.165, 1.54) is 36.8 Å². The predicted molar refractivity (Wildman–Crippen MR) is 89.5 cm³/mol. The van der Waals surface area contributed by atoms with E-state index in [4.69, 9.17) is 0 Å². The molecule has 0 saturated carbocycles. The van der Waals surface area contributed by atoms with Crippen molar-refractivity contribution in [1.82, 2.24) is 5.32 Å². The molecule has 1 N–H and O–H groups in total. The summed E-state index contributed by atoms with van der Waals surface area (Å²) in [7, 11) is 0. The van der Waals surface area contributed by atoms with Crippen LogP contribution in [0.5, 0.6) is 0 Å². The van der Waals surface area contributed by atoms with Crippen molar-refractivity contribution in [3.05, 3.63) is 71.3 Å². The molecule has 0 fully saturated rings. The van der Waals surface area contributed by atoms with Gasteiger partial charge in [0.25, 0.3) is 0 Å². The Morgan fingerprint density at radius 2 is 1.76 bits per heavy atom. The Kier molecular flexibility index (Phi) is 4.72. The predicted octanol–water partition coefficient (Wildman–Crippen LogP) is 4.67. The number of benzene rings is 2. The van der Waals surface area contributed by atoms with Gasteiger partial charge in [0.2, 0.25) is 0 Å². The van der Waals surface area contributed by atoms with Gasteiger partial charge >= 0.3 is 0 Å². The molecule has 1 aliphatic rings. The van der Waals surface area contributed by atoms with Gasteiger partial charge in [0.1, 0.15) is 0 Å². The Morgan fingerprint density at radius 3 is 2.62 bits per heavy atom. The first-order valence-electron chi connectivity index (χ1n) is 8.21. The summed E-state index contributed by atoms with van der Waals surface area (Å²) in [5.74, 6) is 0. The second-order valence-corrected chi connectivity index (χ2v) is 6.25. The summed E-state index contributed by atoms with van der Waals surface area (Å²) in [5.41, 5.74) is 4.48. The lowest BCUT2D eigenvalue weighted by Crippen LogP contribution is -2.32. The van der Waals surface area contributed by atoms with E-state index < -0.39 is 0 Å². The van der Waals surface area contributed by atoms with Gasteiger partial charge in [-0.25, -0.2) is 0 Å². The van der Waals surface area contributed by atoms with Gasteiger partial charge < -0.3 is 5.32 Å². The van der Waals surface area contributed by atoms with Gasteiger partial charge in [-0.1, -0.05) is 61.0 Å². The maximum atomic E-state index is 3.86. The zero-order valence-corrected chi connectivity index (χ0v) is 12.9. The Morgan fingerprint density at radius 1 is 1.00 bits per heavy atom. The summed E-state index contributed by atoms with van der Waals surface area (Å²) in [4.78, 5) is 0. The summed E-state index contributed by atoms with van der Waals surface area (Å²) in [5, 5.41) is 3.86. The third kappa shape index (κ3) is 3.74. The normalized spacial score (nSPS) is 19.6. The molecule has 2 atom stereocenters. The van der Waals surface area contributed by atoms with Gasteiger partial charge in [0, 0.05) is 12.1 Å². The molecule has 0 heterocycles. The van der Waals surface area contributed by atoms with Crippen molar-refractivity contribution >= 4 is 0 Å². The summed E-state index contributed by atoms with van der Waals surface area (Å²) < 4.78 is 0. The van der Waals surface area contributed by atoms with E-state index in [0.29, 0.717) is 12.1 Å². The SMILES string of the molecule is CC(Cc1ccccc1)NC1CCCCc2ccccc21. The molecular weight excluding hydrogens is 254 g/mol. The smallest absolute Gasteiger partial charge is 0.0325 e. The van der Waals surface area contributed by atoms with Crippen LogP contribution in [0.1, 0.15) is 48.9 Å². The summed E-state index contributed by atoms with van der Waals surface area (Å²) in [6, 6.07) is 20.8. The molecule has 0 spiro atoms. The molecule has 1 heteroatoms. The number of hydrogen-bond donors (Lipinski definition) is 1. The van der Waals surface area contributed by atoms with E-state index in [1.807, 2.05) is 0 Å². The Balaban J connectivity index is 1.69. The second kappa shape index (κ2) is 6.91. The summed E-state index contributed by atoms with van der Waals surface area (Å²) in [6.45, 7) is 2.31. The van der Waals surface area contributed by atoms with Crippen molar-refractivity contribution in [3.8, 4) is 0 Å². The maximum absolute atomic E-state index is 3.86. The lowest BCUT2D eigenvalue weighted by atomic mass is 9.97. The van der Waals surface area contributed by atoms with Gasteiger partial charge in [-0.2, -0.15) is 0 Å². The molecule has 2 unspecified atom stereocenters. The number of fused-ring (bicyclic) bond motifs is 1. The highest BCUT2D eigenvalue weighted by Crippen LogP contribution is 2.29. The first kappa shape index (κ1) is 14.3. The van der Waals surface area contributed by atoms with E-state index in [1.54, 1.807) is 5.56 Å². The van der Waals surface area contributed by atoms with Gasteiger partial charge in [0.05, 0.1) is 0 Å². The second-order valence-electron chi connectivity index (χ2n) is 6.25. The van der Waals surface area contributed by atoms with Crippen LogP contribution in [0.3, 0.4) is 0 Å². The highest BCUT2D eigenvalue weighted by molar-refractivity contribution is 5.31. The maximum Gasteiger partial charge on any atom is 0.0325 e. The van der Waals surface area contributed by atoms with Crippen LogP contribution in [0, 0.1) is 0 Å². The Hall–Kier alpha value is -1.60. The molecule has 0 aliphatic heterocycles. The first-order valence-corrected chi connectivity index (χ1v) is 8.21. The molecule has 2 aromatic carbocycles. The van der Waals surface area contributed by atoms with Gasteiger partial charge in [0.15, 0.2) is 0 Å². The molecule has 21 heavy (non-hydrogen) atoms. The molecule has 1 nitrogen and oxygen atoms in total. The van der Waals surface area contributed by atoms with Crippen LogP contribution < -0.4 is 5.32 Å². The molecule has 110 valence electrons. The van der Waals surface area contributed by atoms with Crippen LogP contribution in [0.4, 0.5) is 0 Å². The number of hydrogen-bond acceptors (Lipinski definition) is 1. The number of aryl methyl sites for hydroxylation is 1. The molecule has 3 rings (SSSR count). The summed E-state index contributed by atoms with van der Waals surface area (Å²) in [6.07, 6.45) is 6.24. The van der Waals surface area contributed by atoms with Crippen LogP contribution in [-0.4, -0.2) is 6.04 Å². The van der Waals surface area contributed by atoms with Crippen LogP contribution in [0.25, 0.3) is 0 Å². The minimum atomic E-state index is 0.503. The zero-order chi connectivity index (χ0) is 14.5. The quantitative estimate of drug-likeness (QED) is 0.802. The van der Waals surface area contributed by atoms with E-state index in [2.05, 4.69) is 66.8 Å². The van der Waals surface area contributed by atoms with Crippen LogP contribution in [-0.2, 0) is 12.8 Å². The average molecular weight is 279 g/mol. The fourth-order valence-corrected chi connectivity index (χ4v) is 3.46. The molecule has 0 amide bonds. The van der Waals surface area contributed by atoms with Crippen molar-refractivity contribution in [2.45, 2.75) is 51.1 Å². The van der Waals surface area contributed by atoms with Crippen LogP contribution >= 0.6 is 0 Å². The van der Waals surface area contributed by atoms with E-state index in [-0.39, 0.29) is 0 Å². The van der Waals surface area contributed by atoms with Crippen LogP contribution in [0.15, 0.2) is 54.6 Å². The minimum Gasteiger partial charge on any atom is -0.307 e. The first-order chi connectivity index (χ1) is 10.3. The lowest BCUT2D eigenvalue weighted by molar-refractivity contribution is 0.427. The highest BCUT2D eigenvalue weighted by Gasteiger charge is 2.19. The minimum absolute atomic E-state index is 0.503. The number of nitrogens with one attached hydrogen (secondary N) is 1. The van der Waals surface area contributed by atoms with E-state index in [0.717, 1.165) is 6.42 Å². The zero-order valence-electron chi connectivity index (χ0n) is 12.9. The molecular formula is C20H25N. The number of rotatable bonds is 4. The summed E-state index contributed by atoms with van der Waals surface area (Å²) >= 11 is 0. The third-order valence-electron chi connectivity index (χ3n) is 4.49. The molecule has 0 aromatic heterocycles. The van der Waals surface area contributed by atoms with Gasteiger partial charge in [-0.3, -0.25) is 0 Å². The van der Waals surface area contributed by atoms with Crippen LogP contribution in [0.2, 0.25) is 0 Å². The van der Waals surface area contributed by atoms with Crippen molar-refractivity contribution in [2.75, 3.05) is 0 Å². The fourth-order valence-electron chi connectivity index (χ4n) is 3.46. The van der Waals surface area contributed by atoms with Crippen molar-refractivity contribution in [1.29, 1.82) is 0 Å². The van der Waals surface area contributed by atoms with Gasteiger partial charge in [-0.15, -0.1) is 0 Å². The molecule has 1 aliphatic carbocycles.